The summed E-state index contributed by atoms with van der Waals surface area (Å²) >= 11 is 1.15. The molecule has 0 spiro atoms. The van der Waals surface area contributed by atoms with E-state index in [-0.39, 0.29) is 5.91 Å². The van der Waals surface area contributed by atoms with E-state index in [4.69, 9.17) is 4.74 Å². The smallest absolute Gasteiger partial charge is 0.228 e. The molecule has 0 aliphatic rings. The molecule has 0 aliphatic heterocycles. The Morgan fingerprint density at radius 2 is 2.67 bits per heavy atom. The predicted octanol–water partition coefficient (Wildman–Crippen LogP) is 0.513. The molecule has 0 saturated heterocycles. The molecule has 0 unspecified atom stereocenters. The number of methoxy groups -OCH3 is 1. The first-order chi connectivity index (χ1) is 5.83. The third-order valence-electron chi connectivity index (χ3n) is 1.14. The standard InChI is InChI=1S/C6H9N3O2S/c1-11-3-2-5(10)9-6-7-4-8-12-6/h4H,2-3H2,1H3,(H,7,8,9,10). The summed E-state index contributed by atoms with van der Waals surface area (Å²) in [5.41, 5.74) is 0. The monoisotopic (exact) mass is 187 g/mol. The predicted molar refractivity (Wildman–Crippen MR) is 45.0 cm³/mol. The lowest BCUT2D eigenvalue weighted by atomic mass is 10.4. The van der Waals surface area contributed by atoms with Crippen LogP contribution in [0.1, 0.15) is 6.42 Å². The van der Waals surface area contributed by atoms with Crippen LogP contribution in [0.2, 0.25) is 0 Å². The minimum atomic E-state index is -0.103. The molecule has 1 heterocycles. The fourth-order valence-corrected chi connectivity index (χ4v) is 1.05. The van der Waals surface area contributed by atoms with Crippen molar-refractivity contribution in [3.8, 4) is 0 Å². The summed E-state index contributed by atoms with van der Waals surface area (Å²) in [6.45, 7) is 0.421. The van der Waals surface area contributed by atoms with Crippen molar-refractivity contribution < 1.29 is 9.53 Å². The normalized spacial score (nSPS) is 9.75. The van der Waals surface area contributed by atoms with Gasteiger partial charge in [0.2, 0.25) is 11.0 Å². The molecule has 0 atom stereocenters. The molecule has 1 N–H and O–H groups in total. The highest BCUT2D eigenvalue weighted by atomic mass is 32.1. The second kappa shape index (κ2) is 4.78. The Kier molecular flexibility index (Phi) is 3.62. The van der Waals surface area contributed by atoms with Gasteiger partial charge in [0, 0.05) is 18.6 Å². The van der Waals surface area contributed by atoms with Crippen LogP contribution in [0.5, 0.6) is 0 Å². The van der Waals surface area contributed by atoms with Crippen molar-refractivity contribution >= 4 is 22.6 Å². The summed E-state index contributed by atoms with van der Waals surface area (Å²) in [6.07, 6.45) is 1.74. The Balaban J connectivity index is 2.27. The van der Waals surface area contributed by atoms with Crippen molar-refractivity contribution in [1.82, 2.24) is 9.36 Å². The SMILES string of the molecule is COCCC(=O)Nc1ncns1. The van der Waals surface area contributed by atoms with Gasteiger partial charge in [-0.2, -0.15) is 4.37 Å². The number of anilines is 1. The van der Waals surface area contributed by atoms with Crippen molar-refractivity contribution in [2.75, 3.05) is 19.0 Å². The molecule has 1 rings (SSSR count). The summed E-state index contributed by atoms with van der Waals surface area (Å²) in [6, 6.07) is 0. The minimum Gasteiger partial charge on any atom is -0.384 e. The molecule has 66 valence electrons. The largest absolute Gasteiger partial charge is 0.384 e. The Morgan fingerprint density at radius 1 is 1.83 bits per heavy atom. The Labute approximate surface area is 73.9 Å². The zero-order valence-electron chi connectivity index (χ0n) is 6.61. The van der Waals surface area contributed by atoms with Gasteiger partial charge in [-0.15, -0.1) is 0 Å². The number of carbonyl (C=O) groups excluding carboxylic acids is 1. The second-order valence-corrected chi connectivity index (χ2v) is 2.82. The molecule has 0 radical (unpaired) electrons. The zero-order chi connectivity index (χ0) is 8.81. The Morgan fingerprint density at radius 3 is 3.25 bits per heavy atom. The van der Waals surface area contributed by atoms with E-state index >= 15 is 0 Å². The van der Waals surface area contributed by atoms with Gasteiger partial charge in [0.05, 0.1) is 13.0 Å². The zero-order valence-corrected chi connectivity index (χ0v) is 7.43. The molecule has 0 aliphatic carbocycles. The molecule has 1 amide bonds. The van der Waals surface area contributed by atoms with Crippen LogP contribution in [-0.4, -0.2) is 29.0 Å². The lowest BCUT2D eigenvalue weighted by Crippen LogP contribution is -2.13. The number of hydrogen-bond donors (Lipinski definition) is 1. The molecule has 1 aromatic rings. The first-order valence-electron chi connectivity index (χ1n) is 3.38. The van der Waals surface area contributed by atoms with E-state index in [0.29, 0.717) is 18.2 Å². The molecular weight excluding hydrogens is 178 g/mol. The Bertz CT molecular complexity index is 237. The van der Waals surface area contributed by atoms with Gasteiger partial charge in [0.1, 0.15) is 6.33 Å². The molecule has 12 heavy (non-hydrogen) atoms. The van der Waals surface area contributed by atoms with Gasteiger partial charge in [-0.1, -0.05) is 0 Å². The van der Waals surface area contributed by atoms with E-state index in [1.807, 2.05) is 0 Å². The van der Waals surface area contributed by atoms with Crippen LogP contribution in [0.4, 0.5) is 5.13 Å². The van der Waals surface area contributed by atoms with Gasteiger partial charge in [0.15, 0.2) is 0 Å². The third-order valence-corrected chi connectivity index (χ3v) is 1.72. The van der Waals surface area contributed by atoms with E-state index < -0.39 is 0 Å². The highest BCUT2D eigenvalue weighted by molar-refractivity contribution is 7.09. The van der Waals surface area contributed by atoms with Crippen LogP contribution in [0.15, 0.2) is 6.33 Å². The number of ether oxygens (including phenoxy) is 1. The van der Waals surface area contributed by atoms with E-state index in [1.54, 1.807) is 7.11 Å². The highest BCUT2D eigenvalue weighted by Gasteiger charge is 2.02. The van der Waals surface area contributed by atoms with Gasteiger partial charge in [-0.05, 0) is 0 Å². The molecular formula is C6H9N3O2S. The molecule has 0 saturated carbocycles. The van der Waals surface area contributed by atoms with Crippen molar-refractivity contribution in [3.63, 3.8) is 0 Å². The molecule has 5 nitrogen and oxygen atoms in total. The van der Waals surface area contributed by atoms with Gasteiger partial charge in [-0.3, -0.25) is 4.79 Å². The van der Waals surface area contributed by atoms with Crippen molar-refractivity contribution in [1.29, 1.82) is 0 Å². The fraction of sp³-hybridized carbons (Fsp3) is 0.500. The summed E-state index contributed by atoms with van der Waals surface area (Å²) in [5, 5.41) is 3.11. The van der Waals surface area contributed by atoms with E-state index in [9.17, 15) is 4.79 Å². The van der Waals surface area contributed by atoms with Crippen LogP contribution in [0.25, 0.3) is 0 Å². The van der Waals surface area contributed by atoms with E-state index in [2.05, 4.69) is 14.7 Å². The molecule has 0 aromatic carbocycles. The first kappa shape index (κ1) is 9.08. The highest BCUT2D eigenvalue weighted by Crippen LogP contribution is 2.06. The van der Waals surface area contributed by atoms with Gasteiger partial charge >= 0.3 is 0 Å². The number of hydrogen-bond acceptors (Lipinski definition) is 5. The number of amides is 1. The molecule has 6 heteroatoms. The quantitative estimate of drug-likeness (QED) is 0.746. The van der Waals surface area contributed by atoms with Gasteiger partial charge in [-0.25, -0.2) is 4.98 Å². The minimum absolute atomic E-state index is 0.103. The molecule has 1 aromatic heterocycles. The number of nitrogens with zero attached hydrogens (tertiary/aromatic N) is 2. The average Bonchev–Trinajstić information content (AvgIpc) is 2.53. The summed E-state index contributed by atoms with van der Waals surface area (Å²) in [7, 11) is 1.55. The number of rotatable bonds is 4. The second-order valence-electron chi connectivity index (χ2n) is 2.04. The van der Waals surface area contributed by atoms with Crippen molar-refractivity contribution in [2.45, 2.75) is 6.42 Å². The maximum atomic E-state index is 11.0. The maximum absolute atomic E-state index is 11.0. The number of carbonyl (C=O) groups is 1. The lowest BCUT2D eigenvalue weighted by molar-refractivity contribution is -0.117. The van der Waals surface area contributed by atoms with Crippen LogP contribution in [0, 0.1) is 0 Å². The van der Waals surface area contributed by atoms with Crippen molar-refractivity contribution in [3.05, 3.63) is 6.33 Å². The van der Waals surface area contributed by atoms with Crippen LogP contribution < -0.4 is 5.32 Å². The number of aromatic nitrogens is 2. The van der Waals surface area contributed by atoms with Crippen LogP contribution in [-0.2, 0) is 9.53 Å². The average molecular weight is 187 g/mol. The summed E-state index contributed by atoms with van der Waals surface area (Å²) < 4.78 is 8.48. The van der Waals surface area contributed by atoms with Crippen LogP contribution >= 0.6 is 11.5 Å². The van der Waals surface area contributed by atoms with Gasteiger partial charge in [0.25, 0.3) is 0 Å². The maximum Gasteiger partial charge on any atom is 0.228 e. The van der Waals surface area contributed by atoms with Crippen molar-refractivity contribution in [2.24, 2.45) is 0 Å². The third kappa shape index (κ3) is 2.93. The topological polar surface area (TPSA) is 64.1 Å². The van der Waals surface area contributed by atoms with Gasteiger partial charge < -0.3 is 10.1 Å². The van der Waals surface area contributed by atoms with Crippen LogP contribution in [0.3, 0.4) is 0 Å². The summed E-state index contributed by atoms with van der Waals surface area (Å²) in [5.74, 6) is -0.103. The first-order valence-corrected chi connectivity index (χ1v) is 4.15. The molecule has 0 bridgehead atoms. The lowest BCUT2D eigenvalue weighted by Gasteiger charge is -1.98. The fourth-order valence-electron chi connectivity index (χ4n) is 0.605. The van der Waals surface area contributed by atoms with E-state index in [1.165, 1.54) is 6.33 Å². The molecule has 0 fully saturated rings. The van der Waals surface area contributed by atoms with E-state index in [0.717, 1.165) is 11.5 Å². The summed E-state index contributed by atoms with van der Waals surface area (Å²) in [4.78, 5) is 14.8. The number of nitrogens with one attached hydrogen (secondary N) is 1. The Hall–Kier alpha value is -1.01.